The van der Waals surface area contributed by atoms with Crippen molar-refractivity contribution >= 4 is 22.8 Å². The summed E-state index contributed by atoms with van der Waals surface area (Å²) < 4.78 is 0. The molecule has 1 rings (SSSR count). The molecule has 1 aromatic carbocycles. The summed E-state index contributed by atoms with van der Waals surface area (Å²) in [7, 11) is -0.0224. The highest BCUT2D eigenvalue weighted by Gasteiger charge is 2.43. The van der Waals surface area contributed by atoms with Crippen LogP contribution in [0, 0.1) is 5.41 Å². The van der Waals surface area contributed by atoms with E-state index in [0.29, 0.717) is 22.4 Å². The number of unbranched alkanes of at least 4 members (excludes halogenated alkanes) is 18. The van der Waals surface area contributed by atoms with Crippen molar-refractivity contribution in [2.24, 2.45) is 5.41 Å². The Morgan fingerprint density at radius 2 is 0.940 bits per heavy atom. The molecule has 290 valence electrons. The fourth-order valence-corrected chi connectivity index (χ4v) is 9.51. The molecule has 0 aromatic heterocycles. The standard InChI is InChI=1S/C44H78O5S/c1-9-11-13-15-17-19-21-23-25-27-30-50(31-28-26-24-22-20-18-16-14-12-10-2)32-29-44(40(46)47,41(48)49)35-36-33-37(42(3,4)5)39(45)38(34-36)43(6,7)8/h33-34H,9-32,35H2,1-8H3,(H2-,45,46,47,48,49). The molecule has 0 aliphatic rings. The second-order valence-corrected chi connectivity index (χ2v) is 19.7. The molecule has 0 bridgehead atoms. The van der Waals surface area contributed by atoms with Crippen LogP contribution in [-0.4, -0.2) is 39.4 Å². The maximum atomic E-state index is 12.9. The summed E-state index contributed by atoms with van der Waals surface area (Å²) in [5.41, 5.74) is -0.761. The minimum absolute atomic E-state index is 0.0224. The van der Waals surface area contributed by atoms with Crippen molar-refractivity contribution in [2.45, 2.75) is 207 Å². The third kappa shape index (κ3) is 17.7. The predicted octanol–water partition coefficient (Wildman–Crippen LogP) is 11.2. The number of phenolic OH excluding ortho intramolecular Hbond substituents is 1. The summed E-state index contributed by atoms with van der Waals surface area (Å²) >= 11 is 0. The Bertz CT molecular complexity index is 1010. The number of carboxylic acid groups (broad SMARTS) is 2. The summed E-state index contributed by atoms with van der Waals surface area (Å²) in [6.45, 7) is 16.6. The van der Waals surface area contributed by atoms with Gasteiger partial charge in [-0.1, -0.05) is 170 Å². The van der Waals surface area contributed by atoms with Gasteiger partial charge in [-0.2, -0.15) is 0 Å². The van der Waals surface area contributed by atoms with Crippen molar-refractivity contribution in [2.75, 3.05) is 17.3 Å². The first-order valence-electron chi connectivity index (χ1n) is 20.6. The van der Waals surface area contributed by atoms with Crippen LogP contribution < -0.4 is 5.11 Å². The van der Waals surface area contributed by atoms with Gasteiger partial charge in [0, 0.05) is 6.42 Å². The van der Waals surface area contributed by atoms with Crippen molar-refractivity contribution in [3.05, 3.63) is 28.8 Å². The number of benzene rings is 1. The SMILES string of the molecule is CCCCCCCCCCCC[S+](CCCCCCCCCCCC)CCC(Cc1cc(C(C)(C)C)c(O)c(C(C)(C)C)c1)(C(=O)[O-])C(=O)O. The Morgan fingerprint density at radius 1 is 0.600 bits per heavy atom. The third-order valence-corrected chi connectivity index (χ3v) is 13.0. The molecule has 5 nitrogen and oxygen atoms in total. The zero-order chi connectivity index (χ0) is 37.6. The normalized spacial score (nSPS) is 13.5. The zero-order valence-electron chi connectivity index (χ0n) is 33.9. The van der Waals surface area contributed by atoms with Crippen LogP contribution in [0.15, 0.2) is 12.1 Å². The van der Waals surface area contributed by atoms with E-state index in [0.717, 1.165) is 24.3 Å². The average molecular weight is 719 g/mol. The van der Waals surface area contributed by atoms with Gasteiger partial charge in [-0.05, 0) is 70.5 Å². The molecule has 6 heteroatoms. The Balaban J connectivity index is 3.02. The highest BCUT2D eigenvalue weighted by molar-refractivity contribution is 7.96. The van der Waals surface area contributed by atoms with Crippen LogP contribution in [0.5, 0.6) is 5.75 Å². The number of carbonyl (C=O) groups is 2. The molecule has 50 heavy (non-hydrogen) atoms. The van der Waals surface area contributed by atoms with E-state index in [4.69, 9.17) is 0 Å². The van der Waals surface area contributed by atoms with Gasteiger partial charge in [0.25, 0.3) is 0 Å². The molecule has 1 unspecified atom stereocenters. The van der Waals surface area contributed by atoms with Crippen LogP contribution in [0.3, 0.4) is 0 Å². The quantitative estimate of drug-likeness (QED) is 0.0488. The van der Waals surface area contributed by atoms with Gasteiger partial charge in [-0.15, -0.1) is 0 Å². The topological polar surface area (TPSA) is 97.7 Å². The zero-order valence-corrected chi connectivity index (χ0v) is 34.7. The van der Waals surface area contributed by atoms with Crippen molar-refractivity contribution in [3.8, 4) is 5.75 Å². The highest BCUT2D eigenvalue weighted by Crippen LogP contribution is 2.41. The van der Waals surface area contributed by atoms with Gasteiger partial charge in [0.2, 0.25) is 0 Å². The number of carbonyl (C=O) groups excluding carboxylic acids is 1. The van der Waals surface area contributed by atoms with Gasteiger partial charge in [-0.3, -0.25) is 4.79 Å². The second-order valence-electron chi connectivity index (χ2n) is 17.2. The van der Waals surface area contributed by atoms with Gasteiger partial charge in [0.05, 0.1) is 5.97 Å². The van der Waals surface area contributed by atoms with E-state index in [1.807, 2.05) is 53.7 Å². The summed E-state index contributed by atoms with van der Waals surface area (Å²) in [5, 5.41) is 34.6. The smallest absolute Gasteiger partial charge is 0.315 e. The van der Waals surface area contributed by atoms with Crippen LogP contribution >= 0.6 is 0 Å². The van der Waals surface area contributed by atoms with Crippen molar-refractivity contribution < 1.29 is 24.9 Å². The van der Waals surface area contributed by atoms with E-state index < -0.39 is 28.2 Å². The second kappa shape index (κ2) is 24.5. The molecule has 0 heterocycles. The van der Waals surface area contributed by atoms with E-state index >= 15 is 0 Å². The molecule has 2 N–H and O–H groups in total. The Kier molecular flexibility index (Phi) is 22.7. The number of hydrogen-bond donors (Lipinski definition) is 2. The maximum Gasteiger partial charge on any atom is 0.315 e. The lowest BCUT2D eigenvalue weighted by molar-refractivity contribution is -0.318. The maximum absolute atomic E-state index is 12.9. The molecule has 0 saturated heterocycles. The Labute approximate surface area is 311 Å². The molecule has 0 spiro atoms. The van der Waals surface area contributed by atoms with E-state index in [2.05, 4.69) is 13.8 Å². The molecule has 0 fully saturated rings. The molecule has 1 atom stereocenters. The van der Waals surface area contributed by atoms with Crippen LogP contribution in [0.25, 0.3) is 0 Å². The molecule has 0 aliphatic carbocycles. The van der Waals surface area contributed by atoms with Gasteiger partial charge < -0.3 is 20.1 Å². The first-order valence-corrected chi connectivity index (χ1v) is 22.3. The van der Waals surface area contributed by atoms with Gasteiger partial charge >= 0.3 is 5.97 Å². The third-order valence-electron chi connectivity index (χ3n) is 10.5. The fraction of sp³-hybridized carbons (Fsp3) is 0.818. The monoisotopic (exact) mass is 719 g/mol. The number of phenols is 1. The van der Waals surface area contributed by atoms with E-state index in [1.54, 1.807) is 0 Å². The summed E-state index contributed by atoms with van der Waals surface area (Å²) in [4.78, 5) is 25.8. The van der Waals surface area contributed by atoms with E-state index in [1.165, 1.54) is 116 Å². The average Bonchev–Trinajstić information content (AvgIpc) is 3.03. The van der Waals surface area contributed by atoms with Gasteiger partial charge in [0.15, 0.2) is 0 Å². The summed E-state index contributed by atoms with van der Waals surface area (Å²) in [6, 6.07) is 3.64. The van der Waals surface area contributed by atoms with Gasteiger partial charge in [-0.25, -0.2) is 0 Å². The Morgan fingerprint density at radius 3 is 1.24 bits per heavy atom. The number of hydrogen-bond acceptors (Lipinski definition) is 4. The number of rotatable bonds is 29. The van der Waals surface area contributed by atoms with Crippen LogP contribution in [0.1, 0.15) is 207 Å². The van der Waals surface area contributed by atoms with Crippen molar-refractivity contribution in [3.63, 3.8) is 0 Å². The molecule has 0 amide bonds. The lowest BCUT2D eigenvalue weighted by Crippen LogP contribution is -2.50. The Hall–Kier alpha value is -1.69. The molecule has 0 saturated carbocycles. The summed E-state index contributed by atoms with van der Waals surface area (Å²) in [6.07, 6.45) is 25.6. The summed E-state index contributed by atoms with van der Waals surface area (Å²) in [5.74, 6) is 0.0930. The lowest BCUT2D eigenvalue weighted by atomic mass is 9.74. The van der Waals surface area contributed by atoms with E-state index in [9.17, 15) is 24.9 Å². The minimum Gasteiger partial charge on any atom is -0.549 e. The first kappa shape index (κ1) is 46.3. The largest absolute Gasteiger partial charge is 0.549 e. The number of aliphatic carboxylic acids is 2. The molecular weight excluding hydrogens is 641 g/mol. The van der Waals surface area contributed by atoms with Crippen LogP contribution in [0.2, 0.25) is 0 Å². The minimum atomic E-state index is -2.01. The number of carboxylic acids is 2. The van der Waals surface area contributed by atoms with Crippen molar-refractivity contribution in [1.29, 1.82) is 0 Å². The fourth-order valence-electron chi connectivity index (χ4n) is 7.03. The first-order chi connectivity index (χ1) is 23.6. The van der Waals surface area contributed by atoms with Gasteiger partial charge in [0.1, 0.15) is 28.4 Å². The molecular formula is C44H78O5S. The van der Waals surface area contributed by atoms with Crippen LogP contribution in [-0.2, 0) is 37.7 Å². The van der Waals surface area contributed by atoms with E-state index in [-0.39, 0.29) is 29.5 Å². The molecule has 0 radical (unpaired) electrons. The molecule has 0 aliphatic heterocycles. The molecule has 1 aromatic rings. The highest BCUT2D eigenvalue weighted by atomic mass is 32.2. The predicted molar refractivity (Wildman–Crippen MR) is 215 cm³/mol. The van der Waals surface area contributed by atoms with Crippen LogP contribution in [0.4, 0.5) is 0 Å². The lowest BCUT2D eigenvalue weighted by Gasteiger charge is -2.33. The van der Waals surface area contributed by atoms with Crippen molar-refractivity contribution in [1.82, 2.24) is 0 Å². The number of aromatic hydroxyl groups is 1.